The molecule has 18 heavy (non-hydrogen) atoms. The van der Waals surface area contributed by atoms with Crippen molar-refractivity contribution in [3.8, 4) is 0 Å². The van der Waals surface area contributed by atoms with Gasteiger partial charge >= 0.3 is 0 Å². The molecule has 0 saturated heterocycles. The number of halogens is 1. The van der Waals surface area contributed by atoms with Gasteiger partial charge in [-0.05, 0) is 37.0 Å². The number of rotatable bonds is 6. The highest BCUT2D eigenvalue weighted by molar-refractivity contribution is 7.90. The van der Waals surface area contributed by atoms with Crippen LogP contribution in [0.25, 0.3) is 0 Å². The third-order valence-corrected chi connectivity index (χ3v) is 3.82. The number of nitrogens with one attached hydrogen (secondary N) is 1. The van der Waals surface area contributed by atoms with Gasteiger partial charge in [0.2, 0.25) is 0 Å². The third-order valence-electron chi connectivity index (χ3n) is 2.79. The zero-order valence-corrected chi connectivity index (χ0v) is 11.4. The second kappa shape index (κ2) is 6.26. The van der Waals surface area contributed by atoms with Crippen molar-refractivity contribution < 1.29 is 12.8 Å². The van der Waals surface area contributed by atoms with Gasteiger partial charge in [-0.25, -0.2) is 12.8 Å². The van der Waals surface area contributed by atoms with E-state index in [1.165, 1.54) is 12.3 Å². The van der Waals surface area contributed by atoms with Crippen LogP contribution >= 0.6 is 0 Å². The summed E-state index contributed by atoms with van der Waals surface area (Å²) in [5, 5.41) is 0. The smallest absolute Gasteiger partial charge is 0.147 e. The van der Waals surface area contributed by atoms with E-state index in [4.69, 9.17) is 5.84 Å². The third kappa shape index (κ3) is 4.72. The fraction of sp³-hybridized carbons (Fsp3) is 0.500. The predicted octanol–water partition coefficient (Wildman–Crippen LogP) is 1.46. The van der Waals surface area contributed by atoms with Gasteiger partial charge in [-0.15, -0.1) is 0 Å². The zero-order chi connectivity index (χ0) is 13.8. The molecule has 0 heterocycles. The summed E-state index contributed by atoms with van der Waals surface area (Å²) >= 11 is 0. The van der Waals surface area contributed by atoms with E-state index in [0.717, 1.165) is 5.56 Å². The van der Waals surface area contributed by atoms with Gasteiger partial charge in [-0.2, -0.15) is 0 Å². The molecule has 0 spiro atoms. The fourth-order valence-electron chi connectivity index (χ4n) is 1.78. The lowest BCUT2D eigenvalue weighted by Gasteiger charge is -2.16. The molecule has 0 aliphatic rings. The van der Waals surface area contributed by atoms with E-state index in [-0.39, 0.29) is 17.6 Å². The summed E-state index contributed by atoms with van der Waals surface area (Å²) in [6.45, 7) is 1.68. The van der Waals surface area contributed by atoms with Crippen LogP contribution in [0.4, 0.5) is 4.39 Å². The molecule has 102 valence electrons. The Labute approximate surface area is 107 Å². The fourth-order valence-corrected chi connectivity index (χ4v) is 2.47. The Morgan fingerprint density at radius 3 is 2.61 bits per heavy atom. The summed E-state index contributed by atoms with van der Waals surface area (Å²) in [5.41, 5.74) is 4.05. The molecule has 1 rings (SSSR count). The number of benzene rings is 1. The molecule has 0 saturated carbocycles. The van der Waals surface area contributed by atoms with Crippen LogP contribution < -0.4 is 11.3 Å². The summed E-state index contributed by atoms with van der Waals surface area (Å²) in [5.74, 6) is 5.32. The lowest BCUT2D eigenvalue weighted by Crippen LogP contribution is -2.28. The standard InChI is InChI=1S/C12H19FN2O2S/c1-9-8-10(5-6-11(9)13)12(15-14)4-3-7-18(2,16)17/h5-6,8,12,15H,3-4,7,14H2,1-2H3. The molecule has 0 aliphatic heterocycles. The maximum atomic E-state index is 13.1. The second-order valence-corrected chi connectivity index (χ2v) is 6.76. The Morgan fingerprint density at radius 2 is 2.11 bits per heavy atom. The van der Waals surface area contributed by atoms with E-state index in [1.54, 1.807) is 19.1 Å². The first-order valence-electron chi connectivity index (χ1n) is 5.73. The summed E-state index contributed by atoms with van der Waals surface area (Å²) in [6, 6.07) is 4.62. The first-order valence-corrected chi connectivity index (χ1v) is 7.79. The molecule has 0 fully saturated rings. The maximum absolute atomic E-state index is 13.1. The van der Waals surface area contributed by atoms with Gasteiger partial charge in [0.1, 0.15) is 15.7 Å². The highest BCUT2D eigenvalue weighted by Gasteiger charge is 2.12. The minimum atomic E-state index is -2.95. The maximum Gasteiger partial charge on any atom is 0.147 e. The van der Waals surface area contributed by atoms with Crippen molar-refractivity contribution in [2.24, 2.45) is 5.84 Å². The molecule has 3 N–H and O–H groups in total. The Kier molecular flexibility index (Phi) is 5.25. The van der Waals surface area contributed by atoms with Gasteiger partial charge in [-0.1, -0.05) is 12.1 Å². The van der Waals surface area contributed by atoms with Gasteiger partial charge in [0.15, 0.2) is 0 Å². The van der Waals surface area contributed by atoms with Gasteiger partial charge in [0.05, 0.1) is 0 Å². The van der Waals surface area contributed by atoms with Gasteiger partial charge in [0.25, 0.3) is 0 Å². The monoisotopic (exact) mass is 274 g/mol. The molecule has 0 aromatic heterocycles. The Bertz CT molecular complexity index is 503. The Morgan fingerprint density at radius 1 is 1.44 bits per heavy atom. The first-order chi connectivity index (χ1) is 8.33. The molecular formula is C12H19FN2O2S. The van der Waals surface area contributed by atoms with Gasteiger partial charge in [-0.3, -0.25) is 11.3 Å². The number of hydrazine groups is 1. The van der Waals surface area contributed by atoms with Crippen LogP contribution in [0.2, 0.25) is 0 Å². The van der Waals surface area contributed by atoms with Gasteiger partial charge in [0, 0.05) is 18.1 Å². The summed E-state index contributed by atoms with van der Waals surface area (Å²) in [4.78, 5) is 0. The molecule has 1 atom stereocenters. The minimum absolute atomic E-state index is 0.130. The quantitative estimate of drug-likeness (QED) is 0.608. The SMILES string of the molecule is Cc1cc(C(CCCS(C)(=O)=O)NN)ccc1F. The minimum Gasteiger partial charge on any atom is -0.271 e. The highest BCUT2D eigenvalue weighted by atomic mass is 32.2. The molecule has 0 bridgehead atoms. The lowest BCUT2D eigenvalue weighted by atomic mass is 10.0. The molecule has 0 radical (unpaired) electrons. The number of hydrogen-bond donors (Lipinski definition) is 2. The molecule has 6 heteroatoms. The Balaban J connectivity index is 2.68. The highest BCUT2D eigenvalue weighted by Crippen LogP contribution is 2.20. The molecule has 0 aliphatic carbocycles. The van der Waals surface area contributed by atoms with E-state index in [2.05, 4.69) is 5.43 Å². The van der Waals surface area contributed by atoms with Crippen LogP contribution in [0.15, 0.2) is 18.2 Å². The number of sulfone groups is 1. The van der Waals surface area contributed by atoms with E-state index in [0.29, 0.717) is 18.4 Å². The van der Waals surface area contributed by atoms with Crippen LogP contribution in [-0.4, -0.2) is 20.4 Å². The van der Waals surface area contributed by atoms with Crippen molar-refractivity contribution in [3.63, 3.8) is 0 Å². The average molecular weight is 274 g/mol. The van der Waals surface area contributed by atoms with Crippen molar-refractivity contribution in [3.05, 3.63) is 35.1 Å². The predicted molar refractivity (Wildman–Crippen MR) is 70.1 cm³/mol. The zero-order valence-electron chi connectivity index (χ0n) is 10.6. The molecule has 0 amide bonds. The molecule has 4 nitrogen and oxygen atoms in total. The van der Waals surface area contributed by atoms with Crippen LogP contribution in [0, 0.1) is 12.7 Å². The van der Waals surface area contributed by atoms with Crippen molar-refractivity contribution >= 4 is 9.84 Å². The Hall–Kier alpha value is -0.980. The summed E-state index contributed by atoms with van der Waals surface area (Å²) in [7, 11) is -2.95. The molecule has 1 aromatic rings. The van der Waals surface area contributed by atoms with Crippen molar-refractivity contribution in [2.45, 2.75) is 25.8 Å². The van der Waals surface area contributed by atoms with E-state index in [9.17, 15) is 12.8 Å². The number of nitrogens with two attached hydrogens (primary N) is 1. The van der Waals surface area contributed by atoms with Crippen LogP contribution in [-0.2, 0) is 9.84 Å². The van der Waals surface area contributed by atoms with Crippen molar-refractivity contribution in [1.82, 2.24) is 5.43 Å². The van der Waals surface area contributed by atoms with Gasteiger partial charge < -0.3 is 0 Å². The van der Waals surface area contributed by atoms with Crippen molar-refractivity contribution in [1.29, 1.82) is 0 Å². The largest absolute Gasteiger partial charge is 0.271 e. The normalized spacial score (nSPS) is 13.6. The number of aryl methyl sites for hydroxylation is 1. The summed E-state index contributed by atoms with van der Waals surface area (Å²) in [6.07, 6.45) is 2.32. The van der Waals surface area contributed by atoms with E-state index < -0.39 is 9.84 Å². The molecule has 1 aromatic carbocycles. The lowest BCUT2D eigenvalue weighted by molar-refractivity contribution is 0.506. The van der Waals surface area contributed by atoms with Crippen LogP contribution in [0.5, 0.6) is 0 Å². The van der Waals surface area contributed by atoms with Crippen LogP contribution in [0.3, 0.4) is 0 Å². The molecular weight excluding hydrogens is 255 g/mol. The van der Waals surface area contributed by atoms with E-state index >= 15 is 0 Å². The second-order valence-electron chi connectivity index (χ2n) is 4.50. The average Bonchev–Trinajstić information content (AvgIpc) is 2.27. The number of hydrogen-bond acceptors (Lipinski definition) is 4. The van der Waals surface area contributed by atoms with Crippen LogP contribution in [0.1, 0.15) is 30.0 Å². The molecule has 1 unspecified atom stereocenters. The van der Waals surface area contributed by atoms with Crippen molar-refractivity contribution in [2.75, 3.05) is 12.0 Å². The topological polar surface area (TPSA) is 72.2 Å². The van der Waals surface area contributed by atoms with E-state index in [1.807, 2.05) is 0 Å². The first kappa shape index (κ1) is 15.1. The summed E-state index contributed by atoms with van der Waals surface area (Å²) < 4.78 is 35.2.